The summed E-state index contributed by atoms with van der Waals surface area (Å²) in [5.41, 5.74) is 7.39. The van der Waals surface area contributed by atoms with Crippen LogP contribution in [0.3, 0.4) is 0 Å². The predicted octanol–water partition coefficient (Wildman–Crippen LogP) is 2.60. The first kappa shape index (κ1) is 19.4. The molecule has 2 unspecified atom stereocenters. The van der Waals surface area contributed by atoms with Gasteiger partial charge in [-0.1, -0.05) is 12.1 Å². The van der Waals surface area contributed by atoms with Gasteiger partial charge >= 0.3 is 0 Å². The normalized spacial score (nSPS) is 21.4. The molecule has 5 rings (SSSR count). The Balaban J connectivity index is 1.23. The van der Waals surface area contributed by atoms with E-state index in [2.05, 4.69) is 10.7 Å². The lowest BCUT2D eigenvalue weighted by Crippen LogP contribution is -2.49. The Morgan fingerprint density at radius 1 is 1.10 bits per heavy atom. The van der Waals surface area contributed by atoms with Crippen LogP contribution in [0.2, 0.25) is 0 Å². The quantitative estimate of drug-likeness (QED) is 0.791. The number of nitrogens with one attached hydrogen (secondary N) is 2. The minimum Gasteiger partial charge on any atom is -0.454 e. The Kier molecular flexibility index (Phi) is 4.78. The molecule has 0 bridgehead atoms. The summed E-state index contributed by atoms with van der Waals surface area (Å²) in [5.74, 6) is 1.12. The Hall–Kier alpha value is -3.52. The van der Waals surface area contributed by atoms with Crippen LogP contribution in [0.15, 0.2) is 48.8 Å². The van der Waals surface area contributed by atoms with E-state index in [1.807, 2.05) is 61.5 Å². The zero-order valence-corrected chi connectivity index (χ0v) is 17.4. The standard InChI is InChI=1S/C23H24N4O4/c1-14-3-5-17(9-15(14)2)24-22(28)12-26-7-8-27-19(23(26)29)11-18(25-27)16-4-6-20-21(10-16)31-13-30-20/h3-10,18-19,25H,11-13H2,1-2H3,(H,24,28). The van der Waals surface area contributed by atoms with Crippen molar-refractivity contribution in [1.82, 2.24) is 15.3 Å². The monoisotopic (exact) mass is 420 g/mol. The molecule has 31 heavy (non-hydrogen) atoms. The van der Waals surface area contributed by atoms with E-state index < -0.39 is 0 Å². The van der Waals surface area contributed by atoms with Gasteiger partial charge in [-0.15, -0.1) is 0 Å². The summed E-state index contributed by atoms with van der Waals surface area (Å²) < 4.78 is 10.8. The lowest BCUT2D eigenvalue weighted by Gasteiger charge is -2.31. The molecular formula is C23H24N4O4. The van der Waals surface area contributed by atoms with E-state index in [0.717, 1.165) is 33.9 Å². The topological polar surface area (TPSA) is 83.1 Å². The molecule has 2 aromatic carbocycles. The van der Waals surface area contributed by atoms with Gasteiger partial charge in [0, 0.05) is 18.1 Å². The molecule has 0 radical (unpaired) electrons. The van der Waals surface area contributed by atoms with E-state index in [0.29, 0.717) is 6.42 Å². The molecule has 8 heteroatoms. The number of fused-ring (bicyclic) bond motifs is 2. The van der Waals surface area contributed by atoms with Gasteiger partial charge in [0.05, 0.1) is 6.04 Å². The number of carbonyl (C=O) groups is 2. The van der Waals surface area contributed by atoms with Crippen molar-refractivity contribution in [2.24, 2.45) is 0 Å². The number of nitrogens with zero attached hydrogens (tertiary/aromatic N) is 2. The molecule has 3 aliphatic rings. The first-order chi connectivity index (χ1) is 15.0. The third kappa shape index (κ3) is 3.70. The maximum Gasteiger partial charge on any atom is 0.251 e. The van der Waals surface area contributed by atoms with Crippen molar-refractivity contribution in [3.8, 4) is 11.5 Å². The van der Waals surface area contributed by atoms with E-state index in [9.17, 15) is 9.59 Å². The summed E-state index contributed by atoms with van der Waals surface area (Å²) in [7, 11) is 0. The van der Waals surface area contributed by atoms with Gasteiger partial charge in [0.1, 0.15) is 12.6 Å². The molecule has 2 amide bonds. The second kappa shape index (κ2) is 7.63. The number of hydrogen-bond donors (Lipinski definition) is 2. The lowest BCUT2D eigenvalue weighted by molar-refractivity contribution is -0.137. The van der Waals surface area contributed by atoms with Crippen molar-refractivity contribution < 1.29 is 19.1 Å². The zero-order chi connectivity index (χ0) is 21.5. The summed E-state index contributed by atoms with van der Waals surface area (Å²) in [6.45, 7) is 4.23. The first-order valence-corrected chi connectivity index (χ1v) is 10.3. The van der Waals surface area contributed by atoms with Crippen LogP contribution in [-0.2, 0) is 9.59 Å². The summed E-state index contributed by atoms with van der Waals surface area (Å²) in [5, 5.41) is 4.69. The third-order valence-electron chi connectivity index (χ3n) is 5.98. The van der Waals surface area contributed by atoms with Gasteiger partial charge in [0.2, 0.25) is 12.7 Å². The van der Waals surface area contributed by atoms with E-state index in [1.54, 1.807) is 6.20 Å². The Labute approximate surface area is 180 Å². The van der Waals surface area contributed by atoms with Crippen LogP contribution in [0.1, 0.15) is 29.2 Å². The first-order valence-electron chi connectivity index (χ1n) is 10.3. The highest BCUT2D eigenvalue weighted by Gasteiger charge is 2.40. The molecule has 3 aliphatic heterocycles. The fraction of sp³-hybridized carbons (Fsp3) is 0.304. The van der Waals surface area contributed by atoms with Crippen LogP contribution >= 0.6 is 0 Å². The molecule has 0 aliphatic carbocycles. The highest BCUT2D eigenvalue weighted by atomic mass is 16.7. The average Bonchev–Trinajstić information content (AvgIpc) is 3.39. The van der Waals surface area contributed by atoms with Crippen LogP contribution < -0.4 is 20.2 Å². The van der Waals surface area contributed by atoms with Gasteiger partial charge in [-0.25, -0.2) is 5.43 Å². The number of anilines is 1. The average molecular weight is 420 g/mol. The SMILES string of the molecule is Cc1ccc(NC(=O)CN2C=CN3NC(c4ccc5c(c4)OCO5)CC3C2=O)cc1C. The molecule has 2 aromatic rings. The molecule has 0 saturated carbocycles. The number of hydrogen-bond acceptors (Lipinski definition) is 6. The van der Waals surface area contributed by atoms with E-state index >= 15 is 0 Å². The number of benzene rings is 2. The summed E-state index contributed by atoms with van der Waals surface area (Å²) >= 11 is 0. The maximum atomic E-state index is 13.0. The van der Waals surface area contributed by atoms with Crippen LogP contribution in [0.5, 0.6) is 11.5 Å². The Morgan fingerprint density at radius 3 is 2.77 bits per heavy atom. The number of amides is 2. The van der Waals surface area contributed by atoms with Crippen molar-refractivity contribution in [1.29, 1.82) is 0 Å². The van der Waals surface area contributed by atoms with Crippen LogP contribution in [-0.4, -0.2) is 41.1 Å². The summed E-state index contributed by atoms with van der Waals surface area (Å²) in [4.78, 5) is 27.0. The number of carbonyl (C=O) groups excluding carboxylic acids is 2. The largest absolute Gasteiger partial charge is 0.454 e. The van der Waals surface area contributed by atoms with Gasteiger partial charge in [-0.05, 0) is 61.2 Å². The van der Waals surface area contributed by atoms with E-state index in [1.165, 1.54) is 4.90 Å². The van der Waals surface area contributed by atoms with Gasteiger partial charge < -0.3 is 24.7 Å². The summed E-state index contributed by atoms with van der Waals surface area (Å²) in [6, 6.07) is 11.2. The maximum absolute atomic E-state index is 13.0. The fourth-order valence-corrected chi connectivity index (χ4v) is 4.09. The zero-order valence-electron chi connectivity index (χ0n) is 17.4. The highest BCUT2D eigenvalue weighted by molar-refractivity contribution is 5.96. The predicted molar refractivity (Wildman–Crippen MR) is 114 cm³/mol. The van der Waals surface area contributed by atoms with Crippen molar-refractivity contribution >= 4 is 17.5 Å². The Morgan fingerprint density at radius 2 is 1.94 bits per heavy atom. The number of hydrazine groups is 1. The van der Waals surface area contributed by atoms with Gasteiger partial charge in [0.25, 0.3) is 5.91 Å². The van der Waals surface area contributed by atoms with Crippen molar-refractivity contribution in [2.75, 3.05) is 18.7 Å². The van der Waals surface area contributed by atoms with Crippen molar-refractivity contribution in [3.63, 3.8) is 0 Å². The second-order valence-electron chi connectivity index (χ2n) is 8.06. The minimum atomic E-state index is -0.366. The molecule has 0 aromatic heterocycles. The van der Waals surface area contributed by atoms with E-state index in [4.69, 9.17) is 9.47 Å². The van der Waals surface area contributed by atoms with Gasteiger partial charge in [0.15, 0.2) is 11.5 Å². The molecule has 1 fully saturated rings. The van der Waals surface area contributed by atoms with Crippen LogP contribution in [0.4, 0.5) is 5.69 Å². The van der Waals surface area contributed by atoms with E-state index in [-0.39, 0.29) is 37.2 Å². The van der Waals surface area contributed by atoms with Crippen LogP contribution in [0.25, 0.3) is 0 Å². The van der Waals surface area contributed by atoms with Gasteiger partial charge in [-0.2, -0.15) is 0 Å². The molecule has 0 spiro atoms. The molecule has 8 nitrogen and oxygen atoms in total. The molecular weight excluding hydrogens is 396 g/mol. The molecule has 2 atom stereocenters. The highest BCUT2D eigenvalue weighted by Crippen LogP contribution is 2.37. The minimum absolute atomic E-state index is 0.0265. The van der Waals surface area contributed by atoms with Crippen molar-refractivity contribution in [2.45, 2.75) is 32.4 Å². The number of rotatable bonds is 4. The molecule has 3 heterocycles. The van der Waals surface area contributed by atoms with Crippen LogP contribution in [0, 0.1) is 13.8 Å². The molecule has 1 saturated heterocycles. The smallest absolute Gasteiger partial charge is 0.251 e. The third-order valence-corrected chi connectivity index (χ3v) is 5.98. The number of ether oxygens (including phenoxy) is 2. The Bertz CT molecular complexity index is 1080. The molecule has 2 N–H and O–H groups in total. The van der Waals surface area contributed by atoms with Crippen molar-refractivity contribution in [3.05, 3.63) is 65.5 Å². The number of aryl methyl sites for hydroxylation is 2. The molecule has 160 valence electrons. The lowest BCUT2D eigenvalue weighted by atomic mass is 10.0. The summed E-state index contributed by atoms with van der Waals surface area (Å²) in [6.07, 6.45) is 4.05. The van der Waals surface area contributed by atoms with Gasteiger partial charge in [-0.3, -0.25) is 9.59 Å². The second-order valence-corrected chi connectivity index (χ2v) is 8.06. The fourth-order valence-electron chi connectivity index (χ4n) is 4.09.